The predicted octanol–water partition coefficient (Wildman–Crippen LogP) is 5.15. The van der Waals surface area contributed by atoms with Crippen molar-refractivity contribution in [3.63, 3.8) is 0 Å². The van der Waals surface area contributed by atoms with Crippen molar-refractivity contribution in [1.82, 2.24) is 9.80 Å². The Hall–Kier alpha value is -3.44. The summed E-state index contributed by atoms with van der Waals surface area (Å²) in [5.74, 6) is 0.175. The second-order valence-electron chi connectivity index (χ2n) is 10.3. The molecular weight excluding hydrogens is 537 g/mol. The van der Waals surface area contributed by atoms with Crippen LogP contribution < -0.4 is 0 Å². The Balaban J connectivity index is 1.31. The summed E-state index contributed by atoms with van der Waals surface area (Å²) in [7, 11) is 0. The number of ether oxygens (including phenoxy) is 2. The molecule has 0 amide bonds. The molecule has 1 saturated carbocycles. The van der Waals surface area contributed by atoms with E-state index in [-0.39, 0.29) is 11.9 Å². The van der Waals surface area contributed by atoms with Crippen LogP contribution in [0.5, 0.6) is 0 Å². The van der Waals surface area contributed by atoms with Crippen molar-refractivity contribution in [1.29, 1.82) is 0 Å². The van der Waals surface area contributed by atoms with Crippen LogP contribution in [0.3, 0.4) is 0 Å². The van der Waals surface area contributed by atoms with Crippen molar-refractivity contribution in [3.8, 4) is 11.1 Å². The Labute approximate surface area is 237 Å². The van der Waals surface area contributed by atoms with E-state index in [4.69, 9.17) is 19.3 Å². The number of esters is 1. The minimum absolute atomic E-state index is 0.219. The Kier molecular flexibility index (Phi) is 9.24. The van der Waals surface area contributed by atoms with E-state index in [1.165, 1.54) is 12.1 Å². The van der Waals surface area contributed by atoms with Gasteiger partial charge in [0.2, 0.25) is 6.23 Å². The highest BCUT2D eigenvalue weighted by Gasteiger charge is 2.34. The van der Waals surface area contributed by atoms with Crippen LogP contribution in [0.25, 0.3) is 11.1 Å². The molecule has 2 aromatic rings. The summed E-state index contributed by atoms with van der Waals surface area (Å²) in [5, 5.41) is 4.39. The lowest BCUT2D eigenvalue weighted by Gasteiger charge is -2.31. The summed E-state index contributed by atoms with van der Waals surface area (Å²) in [5.41, 5.74) is 2.55. The summed E-state index contributed by atoms with van der Waals surface area (Å²) < 4.78 is 49.6. The number of alkyl halides is 3. The van der Waals surface area contributed by atoms with Gasteiger partial charge in [-0.05, 0) is 49.4 Å². The molecule has 0 aromatic heterocycles. The molecule has 2 fully saturated rings. The molecule has 3 aliphatic rings. The lowest BCUT2D eigenvalue weighted by Crippen LogP contribution is -2.43. The lowest BCUT2D eigenvalue weighted by molar-refractivity contribution is -0.145. The highest BCUT2D eigenvalue weighted by atomic mass is 19.4. The number of hydrogen-bond acceptors (Lipinski definition) is 8. The third-order valence-electron chi connectivity index (χ3n) is 7.70. The molecule has 0 N–H and O–H groups in total. The maximum absolute atomic E-state index is 13.0. The van der Waals surface area contributed by atoms with Crippen LogP contribution in [0.4, 0.5) is 13.2 Å². The number of rotatable bonds is 9. The van der Waals surface area contributed by atoms with Gasteiger partial charge < -0.3 is 19.2 Å². The average molecular weight is 573 g/mol. The van der Waals surface area contributed by atoms with E-state index >= 15 is 0 Å². The second-order valence-corrected chi connectivity index (χ2v) is 10.3. The van der Waals surface area contributed by atoms with Crippen LogP contribution >= 0.6 is 0 Å². The number of morpholine rings is 1. The summed E-state index contributed by atoms with van der Waals surface area (Å²) in [6.07, 6.45) is -2.42. The molecule has 220 valence electrons. The van der Waals surface area contributed by atoms with Gasteiger partial charge in [-0.3, -0.25) is 14.7 Å². The zero-order chi connectivity index (χ0) is 28.8. The van der Waals surface area contributed by atoms with Crippen molar-refractivity contribution >= 4 is 17.5 Å². The van der Waals surface area contributed by atoms with Gasteiger partial charge in [0.25, 0.3) is 0 Å². The van der Waals surface area contributed by atoms with Gasteiger partial charge in [-0.1, -0.05) is 41.6 Å². The fourth-order valence-electron chi connectivity index (χ4n) is 5.41. The van der Waals surface area contributed by atoms with Crippen LogP contribution in [0.15, 0.2) is 58.7 Å². The minimum atomic E-state index is -4.37. The summed E-state index contributed by atoms with van der Waals surface area (Å²) >= 11 is 0. The van der Waals surface area contributed by atoms with E-state index in [9.17, 15) is 18.0 Å². The molecule has 0 spiro atoms. The van der Waals surface area contributed by atoms with Crippen LogP contribution in [-0.4, -0.2) is 79.9 Å². The van der Waals surface area contributed by atoms with E-state index in [1.807, 2.05) is 24.3 Å². The van der Waals surface area contributed by atoms with Gasteiger partial charge in [-0.25, -0.2) is 0 Å². The number of carbonyl (C=O) groups is 1. The zero-order valence-corrected chi connectivity index (χ0v) is 23.1. The first-order valence-electron chi connectivity index (χ1n) is 14.1. The summed E-state index contributed by atoms with van der Waals surface area (Å²) in [6.45, 7) is 7.03. The van der Waals surface area contributed by atoms with Crippen LogP contribution in [0.1, 0.15) is 43.5 Å². The molecule has 1 aliphatic carbocycles. The molecule has 0 bridgehead atoms. The Bertz CT molecular complexity index is 1240. The van der Waals surface area contributed by atoms with Crippen LogP contribution in [0, 0.1) is 5.92 Å². The fourth-order valence-corrected chi connectivity index (χ4v) is 5.41. The van der Waals surface area contributed by atoms with Gasteiger partial charge in [-0.2, -0.15) is 13.2 Å². The lowest BCUT2D eigenvalue weighted by atomic mass is 10.0. The van der Waals surface area contributed by atoms with Crippen LogP contribution in [0.2, 0.25) is 0 Å². The van der Waals surface area contributed by atoms with Crippen molar-refractivity contribution in [3.05, 3.63) is 59.7 Å². The van der Waals surface area contributed by atoms with Gasteiger partial charge in [0.1, 0.15) is 6.54 Å². The van der Waals surface area contributed by atoms with Crippen molar-refractivity contribution in [2.75, 3.05) is 52.5 Å². The Morgan fingerprint density at radius 1 is 1.05 bits per heavy atom. The molecule has 2 atom stereocenters. The molecule has 2 heterocycles. The fraction of sp³-hybridized carbons (Fsp3) is 0.500. The first-order valence-corrected chi connectivity index (χ1v) is 14.1. The highest BCUT2D eigenvalue weighted by molar-refractivity contribution is 6.04. The van der Waals surface area contributed by atoms with Gasteiger partial charge in [-0.15, -0.1) is 0 Å². The Morgan fingerprint density at radius 3 is 2.39 bits per heavy atom. The number of oxime groups is 1. The van der Waals surface area contributed by atoms with Crippen molar-refractivity contribution < 1.29 is 32.3 Å². The third-order valence-corrected chi connectivity index (χ3v) is 7.70. The number of nitrogens with zero attached hydrogens (tertiary/aromatic N) is 4. The molecule has 2 aliphatic heterocycles. The summed E-state index contributed by atoms with van der Waals surface area (Å²) in [6, 6.07) is 12.7. The molecule has 0 radical (unpaired) electrons. The standard InChI is InChI=1S/C30H35F3N4O4/c1-2-40-29(38)25-4-3-5-26(25)34-20-27-35-41-28(37(27)15-14-36-16-18-39-19-17-36)23-8-6-21(7-9-23)22-10-12-24(13-11-22)30(31,32)33/h6-13,25,28H,2-5,14-20H2,1H3. The topological polar surface area (TPSA) is 76.0 Å². The summed E-state index contributed by atoms with van der Waals surface area (Å²) in [4.78, 5) is 27.5. The first kappa shape index (κ1) is 29.1. The van der Waals surface area contributed by atoms with E-state index in [1.54, 1.807) is 6.92 Å². The van der Waals surface area contributed by atoms with E-state index in [0.29, 0.717) is 44.3 Å². The second kappa shape index (κ2) is 13.0. The molecular formula is C30H35F3N4O4. The maximum Gasteiger partial charge on any atom is 0.416 e. The smallest absolute Gasteiger partial charge is 0.416 e. The van der Waals surface area contributed by atoms with E-state index in [2.05, 4.69) is 15.0 Å². The van der Waals surface area contributed by atoms with Crippen LogP contribution in [-0.2, 0) is 25.3 Å². The van der Waals surface area contributed by atoms with Gasteiger partial charge in [0, 0.05) is 37.5 Å². The predicted molar refractivity (Wildman–Crippen MR) is 148 cm³/mol. The molecule has 1 saturated heterocycles. The van der Waals surface area contributed by atoms with E-state index < -0.39 is 18.0 Å². The SMILES string of the molecule is CCOC(=O)C1CCCC1=NCC1=NOC(c2ccc(-c3ccc(C(F)(F)F)cc3)cc2)N1CCN1CCOCC1. The van der Waals surface area contributed by atoms with Gasteiger partial charge in [0.15, 0.2) is 5.84 Å². The largest absolute Gasteiger partial charge is 0.465 e. The highest BCUT2D eigenvalue weighted by Crippen LogP contribution is 2.33. The third kappa shape index (κ3) is 7.08. The maximum atomic E-state index is 13.0. The molecule has 2 aromatic carbocycles. The number of carbonyl (C=O) groups excluding carboxylic acids is 1. The van der Waals surface area contributed by atoms with Crippen molar-refractivity contribution in [2.45, 2.75) is 38.6 Å². The number of amidine groups is 1. The normalized spacial score (nSPS) is 22.6. The van der Waals surface area contributed by atoms with Crippen molar-refractivity contribution in [2.24, 2.45) is 16.1 Å². The molecule has 5 rings (SSSR count). The zero-order valence-electron chi connectivity index (χ0n) is 23.1. The van der Waals surface area contributed by atoms with Gasteiger partial charge in [0.05, 0.1) is 31.3 Å². The first-order chi connectivity index (χ1) is 19.8. The average Bonchev–Trinajstić information content (AvgIpc) is 3.62. The molecule has 11 heteroatoms. The number of halogens is 3. The molecule has 8 nitrogen and oxygen atoms in total. The molecule has 41 heavy (non-hydrogen) atoms. The minimum Gasteiger partial charge on any atom is -0.465 e. The quantitative estimate of drug-likeness (QED) is 0.387. The Morgan fingerprint density at radius 2 is 1.73 bits per heavy atom. The van der Waals surface area contributed by atoms with Gasteiger partial charge >= 0.3 is 12.1 Å². The number of aliphatic imine (C=N–C) groups is 1. The number of hydrogen-bond donors (Lipinski definition) is 0. The van der Waals surface area contributed by atoms with E-state index in [0.717, 1.165) is 67.9 Å². The molecule has 2 unspecified atom stereocenters. The number of benzene rings is 2. The monoisotopic (exact) mass is 572 g/mol.